The maximum atomic E-state index is 11.5. The Balaban J connectivity index is 2.45. The van der Waals surface area contributed by atoms with Crippen LogP contribution in [0.25, 0.3) is 0 Å². The van der Waals surface area contributed by atoms with Crippen LogP contribution < -0.4 is 9.75 Å². The number of anilines is 1. The Bertz CT molecular complexity index is 984. The van der Waals surface area contributed by atoms with Gasteiger partial charge < -0.3 is 14.6 Å². The third-order valence-electron chi connectivity index (χ3n) is 3.08. The van der Waals surface area contributed by atoms with Crippen molar-refractivity contribution in [2.45, 2.75) is 0 Å². The Morgan fingerprint density at radius 1 is 1.26 bits per heavy atom. The summed E-state index contributed by atoms with van der Waals surface area (Å²) >= 11 is 15.5. The first kappa shape index (κ1) is 21.3. The fourth-order valence-corrected chi connectivity index (χ4v) is 3.54. The minimum atomic E-state index is -2.88. The van der Waals surface area contributed by atoms with Gasteiger partial charge in [-0.05, 0) is 28.7 Å². The van der Waals surface area contributed by atoms with Gasteiger partial charge in [-0.1, -0.05) is 39.1 Å². The van der Waals surface area contributed by atoms with E-state index in [1.54, 1.807) is 12.1 Å². The SMILES string of the molecule is COC(=O)CN(N=S(=O)=O)c1cc(Oc2c(Cl)cc(Br)cc2Cl)ccc1O. The zero-order valence-electron chi connectivity index (χ0n) is 13.5. The normalized spacial score (nSPS) is 10.2. The molecule has 0 aliphatic rings. The van der Waals surface area contributed by atoms with Crippen LogP contribution in [0.2, 0.25) is 10.0 Å². The Kier molecular flexibility index (Phi) is 7.31. The average molecular weight is 498 g/mol. The molecule has 12 heteroatoms. The van der Waals surface area contributed by atoms with Crippen molar-refractivity contribution in [2.75, 3.05) is 18.7 Å². The Hall–Kier alpha value is -2.01. The van der Waals surface area contributed by atoms with Gasteiger partial charge in [0.25, 0.3) is 0 Å². The first-order chi connectivity index (χ1) is 12.7. The second-order valence-corrected chi connectivity index (χ2v) is 7.21. The monoisotopic (exact) mass is 496 g/mol. The van der Waals surface area contributed by atoms with Crippen LogP contribution in [-0.2, 0) is 20.0 Å². The number of halogens is 3. The van der Waals surface area contributed by atoms with Crippen LogP contribution in [0.5, 0.6) is 17.2 Å². The Morgan fingerprint density at radius 3 is 2.44 bits per heavy atom. The number of carbonyl (C=O) groups excluding carboxylic acids is 1. The van der Waals surface area contributed by atoms with Gasteiger partial charge in [0.2, 0.25) is 0 Å². The van der Waals surface area contributed by atoms with E-state index in [1.807, 2.05) is 0 Å². The maximum Gasteiger partial charge on any atom is 0.333 e. The highest BCUT2D eigenvalue weighted by atomic mass is 79.9. The van der Waals surface area contributed by atoms with Crippen molar-refractivity contribution in [2.24, 2.45) is 4.47 Å². The zero-order chi connectivity index (χ0) is 20.1. The van der Waals surface area contributed by atoms with Crippen molar-refractivity contribution in [3.05, 3.63) is 44.8 Å². The summed E-state index contributed by atoms with van der Waals surface area (Å²) in [4.78, 5) is 11.5. The van der Waals surface area contributed by atoms with Crippen molar-refractivity contribution in [3.8, 4) is 17.2 Å². The standard InChI is InChI=1S/C15H11BrCl2N2O6S/c1-25-14(22)7-20(19-27(23)24)12-6-9(2-3-13(12)21)26-15-10(17)4-8(16)5-11(15)18/h2-6,21H,7H2,1H3. The van der Waals surface area contributed by atoms with E-state index in [4.69, 9.17) is 27.9 Å². The third kappa shape index (κ3) is 5.73. The third-order valence-corrected chi connectivity index (χ3v) is 4.43. The lowest BCUT2D eigenvalue weighted by Crippen LogP contribution is -2.25. The van der Waals surface area contributed by atoms with E-state index in [-0.39, 0.29) is 33.0 Å². The lowest BCUT2D eigenvalue weighted by Gasteiger charge is -2.18. The fraction of sp³-hybridized carbons (Fsp3) is 0.133. The van der Waals surface area contributed by atoms with E-state index in [9.17, 15) is 18.3 Å². The van der Waals surface area contributed by atoms with E-state index in [2.05, 4.69) is 25.1 Å². The molecule has 0 aliphatic heterocycles. The molecule has 0 fully saturated rings. The van der Waals surface area contributed by atoms with Gasteiger partial charge in [-0.25, -0.2) is 5.01 Å². The topological polar surface area (TPSA) is 106 Å². The number of methoxy groups -OCH3 is 1. The van der Waals surface area contributed by atoms with Crippen LogP contribution >= 0.6 is 39.1 Å². The summed E-state index contributed by atoms with van der Waals surface area (Å²) in [5.74, 6) is -0.792. The highest BCUT2D eigenvalue weighted by Gasteiger charge is 2.18. The molecule has 0 aromatic heterocycles. The van der Waals surface area contributed by atoms with Gasteiger partial charge >= 0.3 is 16.5 Å². The molecule has 0 saturated heterocycles. The molecule has 8 nitrogen and oxygen atoms in total. The second kappa shape index (κ2) is 9.27. The molecule has 0 aliphatic carbocycles. The van der Waals surface area contributed by atoms with E-state index >= 15 is 0 Å². The fourth-order valence-electron chi connectivity index (χ4n) is 1.94. The van der Waals surface area contributed by atoms with Gasteiger partial charge in [-0.15, -0.1) is 0 Å². The predicted molar refractivity (Wildman–Crippen MR) is 103 cm³/mol. The quantitative estimate of drug-likeness (QED) is 0.470. The van der Waals surface area contributed by atoms with Crippen molar-refractivity contribution < 1.29 is 27.8 Å². The number of hydrogen-bond donors (Lipinski definition) is 1. The molecule has 2 aromatic carbocycles. The van der Waals surface area contributed by atoms with Gasteiger partial charge in [0.1, 0.15) is 23.7 Å². The molecule has 0 unspecified atom stereocenters. The molecule has 0 spiro atoms. The summed E-state index contributed by atoms with van der Waals surface area (Å²) in [6.45, 7) is -0.554. The summed E-state index contributed by atoms with van der Waals surface area (Å²) < 4.78 is 36.0. The number of aromatic hydroxyl groups is 1. The van der Waals surface area contributed by atoms with Crippen LogP contribution in [0.4, 0.5) is 5.69 Å². The van der Waals surface area contributed by atoms with Crippen LogP contribution in [0.15, 0.2) is 39.3 Å². The van der Waals surface area contributed by atoms with Gasteiger partial charge in [-0.2, -0.15) is 8.42 Å². The van der Waals surface area contributed by atoms with Gasteiger partial charge in [0.15, 0.2) is 5.75 Å². The van der Waals surface area contributed by atoms with Crippen molar-refractivity contribution in [3.63, 3.8) is 0 Å². The molecular weight excluding hydrogens is 487 g/mol. The van der Waals surface area contributed by atoms with Crippen LogP contribution in [0, 0.1) is 0 Å². The Morgan fingerprint density at radius 2 is 1.89 bits per heavy atom. The number of ether oxygens (including phenoxy) is 2. The van der Waals surface area contributed by atoms with Crippen molar-refractivity contribution >= 4 is 61.3 Å². The number of phenolic OH excluding ortho intramolecular Hbond substituents is 1. The number of rotatable bonds is 6. The first-order valence-corrected chi connectivity index (χ1v) is 9.60. The predicted octanol–water partition coefficient (Wildman–Crippen LogP) is 4.21. The molecule has 0 atom stereocenters. The van der Waals surface area contributed by atoms with Gasteiger partial charge in [0, 0.05) is 10.5 Å². The number of hydrogen-bond acceptors (Lipinski definition) is 7. The highest BCUT2D eigenvalue weighted by Crippen LogP contribution is 2.40. The van der Waals surface area contributed by atoms with E-state index in [1.165, 1.54) is 18.2 Å². The smallest absolute Gasteiger partial charge is 0.333 e. The second-order valence-electron chi connectivity index (χ2n) is 4.88. The first-order valence-electron chi connectivity index (χ1n) is 7.02. The molecule has 0 bridgehead atoms. The lowest BCUT2D eigenvalue weighted by molar-refractivity contribution is -0.138. The zero-order valence-corrected chi connectivity index (χ0v) is 17.4. The van der Waals surface area contributed by atoms with Crippen LogP contribution in [0.1, 0.15) is 0 Å². The molecular formula is C15H11BrCl2N2O6S. The van der Waals surface area contributed by atoms with E-state index < -0.39 is 23.0 Å². The number of nitrogens with zero attached hydrogens (tertiary/aromatic N) is 2. The molecule has 0 radical (unpaired) electrons. The molecule has 0 saturated carbocycles. The number of carbonyl (C=O) groups is 1. The summed E-state index contributed by atoms with van der Waals surface area (Å²) in [6, 6.07) is 7.05. The lowest BCUT2D eigenvalue weighted by atomic mass is 10.2. The molecule has 27 heavy (non-hydrogen) atoms. The molecule has 144 valence electrons. The van der Waals surface area contributed by atoms with Crippen molar-refractivity contribution in [1.82, 2.24) is 0 Å². The van der Waals surface area contributed by atoms with E-state index in [0.717, 1.165) is 12.1 Å². The van der Waals surface area contributed by atoms with E-state index in [0.29, 0.717) is 4.47 Å². The molecule has 1 N–H and O–H groups in total. The molecule has 2 aromatic rings. The highest BCUT2D eigenvalue weighted by molar-refractivity contribution is 9.10. The summed E-state index contributed by atoms with van der Waals surface area (Å²) in [7, 11) is -1.75. The van der Waals surface area contributed by atoms with Gasteiger partial charge in [-0.3, -0.25) is 4.79 Å². The summed E-state index contributed by atoms with van der Waals surface area (Å²) in [6.07, 6.45) is 0. The number of benzene rings is 2. The summed E-state index contributed by atoms with van der Waals surface area (Å²) in [5, 5.41) is 11.2. The summed E-state index contributed by atoms with van der Waals surface area (Å²) in [5.41, 5.74) is -0.105. The largest absolute Gasteiger partial charge is 0.506 e. The number of phenols is 1. The molecule has 0 heterocycles. The van der Waals surface area contributed by atoms with Gasteiger partial charge in [0.05, 0.1) is 17.2 Å². The van der Waals surface area contributed by atoms with Crippen LogP contribution in [0.3, 0.4) is 0 Å². The Labute approximate surface area is 174 Å². The number of esters is 1. The minimum absolute atomic E-state index is 0.105. The molecule has 2 rings (SSSR count). The van der Waals surface area contributed by atoms with Crippen molar-refractivity contribution in [1.29, 1.82) is 0 Å². The average Bonchev–Trinajstić information content (AvgIpc) is 2.58. The minimum Gasteiger partial charge on any atom is -0.506 e. The molecule has 0 amide bonds. The maximum absolute atomic E-state index is 11.5. The van der Waals surface area contributed by atoms with Crippen LogP contribution in [-0.4, -0.2) is 33.1 Å².